The molecule has 39 heavy (non-hydrogen) atoms. The highest BCUT2D eigenvalue weighted by Crippen LogP contribution is 2.39. The summed E-state index contributed by atoms with van der Waals surface area (Å²) in [6, 6.07) is 11.7. The first-order valence-corrected chi connectivity index (χ1v) is 12.4. The monoisotopic (exact) mass is 535 g/mol. The topological polar surface area (TPSA) is 142 Å². The van der Waals surface area contributed by atoms with Gasteiger partial charge in [-0.05, 0) is 47.2 Å². The minimum absolute atomic E-state index is 0.130. The lowest BCUT2D eigenvalue weighted by molar-refractivity contribution is -0.137. The van der Waals surface area contributed by atoms with Gasteiger partial charge in [-0.25, -0.2) is 0 Å². The molecule has 2 aliphatic rings. The minimum Gasteiger partial charge on any atom is -0.495 e. The summed E-state index contributed by atoms with van der Waals surface area (Å²) in [6.45, 7) is 3.75. The number of nitrogens with zero attached hydrogens (tertiary/aromatic N) is 5. The van der Waals surface area contributed by atoms with Gasteiger partial charge in [-0.15, -0.1) is 0 Å². The summed E-state index contributed by atoms with van der Waals surface area (Å²) in [7, 11) is 3.05. The Balaban J connectivity index is 1.43. The first-order chi connectivity index (χ1) is 19.0. The van der Waals surface area contributed by atoms with Gasteiger partial charge in [-0.2, -0.15) is 4.68 Å². The molecule has 13 heteroatoms. The highest BCUT2D eigenvalue weighted by Gasteiger charge is 2.35. The zero-order chi connectivity index (χ0) is 27.4. The van der Waals surface area contributed by atoms with Gasteiger partial charge >= 0.3 is 0 Å². The lowest BCUT2D eigenvalue weighted by Gasteiger charge is -2.28. The van der Waals surface area contributed by atoms with E-state index in [4.69, 9.17) is 18.9 Å². The molecule has 2 aromatic carbocycles. The van der Waals surface area contributed by atoms with Gasteiger partial charge in [0.25, 0.3) is 11.8 Å². The van der Waals surface area contributed by atoms with E-state index < -0.39 is 6.04 Å². The third kappa shape index (κ3) is 5.34. The third-order valence-corrected chi connectivity index (χ3v) is 6.53. The van der Waals surface area contributed by atoms with Gasteiger partial charge in [0.1, 0.15) is 11.8 Å². The second-order valence-corrected chi connectivity index (χ2v) is 8.86. The molecule has 3 heterocycles. The zero-order valence-corrected chi connectivity index (χ0v) is 21.8. The van der Waals surface area contributed by atoms with Gasteiger partial charge in [0, 0.05) is 18.8 Å². The molecule has 0 radical (unpaired) electrons. The van der Waals surface area contributed by atoms with E-state index in [1.807, 2.05) is 12.1 Å². The molecule has 204 valence electrons. The summed E-state index contributed by atoms with van der Waals surface area (Å²) in [5.74, 6) is 1.23. The minimum atomic E-state index is -0.677. The summed E-state index contributed by atoms with van der Waals surface area (Å²) >= 11 is 0. The molecular formula is C26H29N7O6. The number of morpholine rings is 1. The number of hydrogen-bond donors (Lipinski definition) is 2. The smallest absolute Gasteiger partial charge is 0.260 e. The predicted molar refractivity (Wildman–Crippen MR) is 140 cm³/mol. The Bertz CT molecular complexity index is 1400. The van der Waals surface area contributed by atoms with Crippen molar-refractivity contribution in [3.63, 3.8) is 0 Å². The molecule has 0 aliphatic carbocycles. The van der Waals surface area contributed by atoms with Crippen LogP contribution in [0, 0.1) is 0 Å². The van der Waals surface area contributed by atoms with Crippen LogP contribution in [0.3, 0.4) is 0 Å². The summed E-state index contributed by atoms with van der Waals surface area (Å²) < 4.78 is 23.6. The number of benzene rings is 2. The van der Waals surface area contributed by atoms with Crippen molar-refractivity contribution >= 4 is 23.5 Å². The van der Waals surface area contributed by atoms with Crippen molar-refractivity contribution in [2.75, 3.05) is 57.8 Å². The van der Waals surface area contributed by atoms with Crippen LogP contribution in [0.2, 0.25) is 0 Å². The van der Waals surface area contributed by atoms with Gasteiger partial charge in [-0.1, -0.05) is 23.3 Å². The zero-order valence-electron chi connectivity index (χ0n) is 21.8. The van der Waals surface area contributed by atoms with Crippen LogP contribution >= 0.6 is 0 Å². The SMILES string of the molecule is COc1ccccc1NC(=O)C1=C(C)Nc2nnnn2C1c1ccc(OCC(=O)N2CCOCC2)c(OC)c1. The van der Waals surface area contributed by atoms with Crippen LogP contribution in [0.25, 0.3) is 0 Å². The van der Waals surface area contributed by atoms with E-state index in [-0.39, 0.29) is 18.4 Å². The number of allylic oxidation sites excluding steroid dienone is 1. The molecule has 2 amide bonds. The fourth-order valence-electron chi connectivity index (χ4n) is 4.57. The molecule has 1 unspecified atom stereocenters. The molecule has 2 N–H and O–H groups in total. The Morgan fingerprint density at radius 2 is 1.85 bits per heavy atom. The fourth-order valence-corrected chi connectivity index (χ4v) is 4.57. The van der Waals surface area contributed by atoms with E-state index in [9.17, 15) is 9.59 Å². The Morgan fingerprint density at radius 3 is 2.62 bits per heavy atom. The van der Waals surface area contributed by atoms with Crippen LogP contribution in [-0.4, -0.2) is 84.1 Å². The molecule has 5 rings (SSSR count). The Hall–Kier alpha value is -4.65. The maximum Gasteiger partial charge on any atom is 0.260 e. The van der Waals surface area contributed by atoms with Gasteiger partial charge in [0.05, 0.1) is 38.7 Å². The number of methoxy groups -OCH3 is 2. The van der Waals surface area contributed by atoms with Gasteiger partial charge in [0.15, 0.2) is 18.1 Å². The van der Waals surface area contributed by atoms with E-state index in [1.54, 1.807) is 42.2 Å². The number of tetrazole rings is 1. The highest BCUT2D eigenvalue weighted by atomic mass is 16.5. The second-order valence-electron chi connectivity index (χ2n) is 8.86. The molecule has 0 saturated carbocycles. The van der Waals surface area contributed by atoms with Crippen LogP contribution in [-0.2, 0) is 14.3 Å². The maximum atomic E-state index is 13.7. The van der Waals surface area contributed by atoms with Crippen LogP contribution in [0.4, 0.5) is 11.6 Å². The number of carbonyl (C=O) groups is 2. The average molecular weight is 536 g/mol. The largest absolute Gasteiger partial charge is 0.495 e. The van der Waals surface area contributed by atoms with Crippen LogP contribution in [0.15, 0.2) is 53.7 Å². The van der Waals surface area contributed by atoms with Crippen molar-refractivity contribution < 1.29 is 28.5 Å². The number of carbonyl (C=O) groups excluding carboxylic acids is 2. The van der Waals surface area contributed by atoms with Gasteiger partial charge in [0.2, 0.25) is 5.95 Å². The molecule has 2 aliphatic heterocycles. The Labute approximate surface area is 224 Å². The number of fused-ring (bicyclic) bond motifs is 1. The van der Waals surface area contributed by atoms with Gasteiger partial charge in [-0.3, -0.25) is 9.59 Å². The number of anilines is 2. The van der Waals surface area contributed by atoms with Gasteiger partial charge < -0.3 is 34.5 Å². The molecular weight excluding hydrogens is 506 g/mol. The first-order valence-electron chi connectivity index (χ1n) is 12.4. The predicted octanol–water partition coefficient (Wildman–Crippen LogP) is 1.86. The summed E-state index contributed by atoms with van der Waals surface area (Å²) in [4.78, 5) is 27.9. The number of amides is 2. The Kier molecular flexibility index (Phi) is 7.59. The number of hydrogen-bond acceptors (Lipinski definition) is 10. The molecule has 3 aromatic rings. The highest BCUT2D eigenvalue weighted by molar-refractivity contribution is 6.06. The third-order valence-electron chi connectivity index (χ3n) is 6.53. The average Bonchev–Trinajstić information content (AvgIpc) is 3.43. The van der Waals surface area contributed by atoms with E-state index >= 15 is 0 Å². The fraction of sp³-hybridized carbons (Fsp3) is 0.346. The molecule has 0 spiro atoms. The Morgan fingerprint density at radius 1 is 1.08 bits per heavy atom. The van der Waals surface area contributed by atoms with E-state index in [2.05, 4.69) is 26.2 Å². The lowest BCUT2D eigenvalue weighted by atomic mass is 9.94. The van der Waals surface area contributed by atoms with Crippen LogP contribution < -0.4 is 24.8 Å². The van der Waals surface area contributed by atoms with Crippen LogP contribution in [0.1, 0.15) is 18.5 Å². The first kappa shape index (κ1) is 26.0. The second kappa shape index (κ2) is 11.4. The number of aromatic nitrogens is 4. The van der Waals surface area contributed by atoms with E-state index in [0.717, 1.165) is 0 Å². The van der Waals surface area contributed by atoms with Crippen molar-refractivity contribution in [1.29, 1.82) is 0 Å². The maximum absolute atomic E-state index is 13.7. The van der Waals surface area contributed by atoms with Crippen molar-refractivity contribution in [2.24, 2.45) is 0 Å². The van der Waals surface area contributed by atoms with Crippen LogP contribution in [0.5, 0.6) is 17.2 Å². The molecule has 13 nitrogen and oxygen atoms in total. The quantitative estimate of drug-likeness (QED) is 0.439. The van der Waals surface area contributed by atoms with Crippen molar-refractivity contribution in [1.82, 2.24) is 25.1 Å². The summed E-state index contributed by atoms with van der Waals surface area (Å²) in [6.07, 6.45) is 0. The van der Waals surface area contributed by atoms with Crippen molar-refractivity contribution in [3.8, 4) is 17.2 Å². The molecule has 0 bridgehead atoms. The van der Waals surface area contributed by atoms with Crippen molar-refractivity contribution in [3.05, 3.63) is 59.3 Å². The lowest BCUT2D eigenvalue weighted by Crippen LogP contribution is -2.43. The molecule has 1 saturated heterocycles. The summed E-state index contributed by atoms with van der Waals surface area (Å²) in [5, 5.41) is 18.0. The number of rotatable bonds is 8. The molecule has 1 aromatic heterocycles. The molecule has 1 fully saturated rings. The normalized spacial score (nSPS) is 16.7. The standard InChI is InChI=1S/C26H29N7O6/c1-16-23(25(35)28-18-6-4-5-7-19(18)36-2)24(33-26(27-16)29-30-31-33)17-8-9-20(21(14-17)37-3)39-15-22(34)32-10-12-38-13-11-32/h4-9,14,24H,10-13,15H2,1-3H3,(H,28,35)(H,27,29,31). The van der Waals surface area contributed by atoms with Crippen molar-refractivity contribution in [2.45, 2.75) is 13.0 Å². The number of ether oxygens (including phenoxy) is 4. The summed E-state index contributed by atoms with van der Waals surface area (Å²) in [5.41, 5.74) is 2.19. The number of nitrogens with one attached hydrogen (secondary N) is 2. The van der Waals surface area contributed by atoms with E-state index in [0.29, 0.717) is 72.0 Å². The molecule has 1 atom stereocenters. The number of para-hydroxylation sites is 2. The van der Waals surface area contributed by atoms with E-state index in [1.165, 1.54) is 18.9 Å².